The molecule has 0 aliphatic heterocycles. The van der Waals surface area contributed by atoms with Crippen molar-refractivity contribution in [2.24, 2.45) is 5.73 Å². The molecule has 0 saturated carbocycles. The minimum Gasteiger partial charge on any atom is -0.330 e. The number of halogens is 3. The summed E-state index contributed by atoms with van der Waals surface area (Å²) in [5.74, 6) is -0.174. The van der Waals surface area contributed by atoms with Gasteiger partial charge in [0.2, 0.25) is 5.91 Å². The second-order valence-electron chi connectivity index (χ2n) is 4.99. The van der Waals surface area contributed by atoms with E-state index in [1.54, 1.807) is 6.07 Å². The molecule has 0 unspecified atom stereocenters. The van der Waals surface area contributed by atoms with Gasteiger partial charge >= 0.3 is 6.18 Å². The number of hydrogen-bond donors (Lipinski definition) is 2. The maximum absolute atomic E-state index is 12.3. The van der Waals surface area contributed by atoms with Crippen LogP contribution in [0.15, 0.2) is 24.3 Å². The minimum absolute atomic E-state index is 0.142. The molecule has 3 N–H and O–H groups in total. The van der Waals surface area contributed by atoms with Crippen molar-refractivity contribution in [3.8, 4) is 0 Å². The molecule has 0 aliphatic carbocycles. The molecule has 118 valence electrons. The van der Waals surface area contributed by atoms with E-state index in [4.69, 9.17) is 5.73 Å². The van der Waals surface area contributed by atoms with Gasteiger partial charge in [-0.2, -0.15) is 13.2 Å². The number of carbonyl (C=O) groups excluding carboxylic acids is 1. The number of hydrogen-bond acceptors (Lipinski definition) is 2. The Morgan fingerprint density at radius 1 is 1.14 bits per heavy atom. The van der Waals surface area contributed by atoms with Crippen molar-refractivity contribution in [1.82, 2.24) is 0 Å². The van der Waals surface area contributed by atoms with Gasteiger partial charge in [-0.05, 0) is 37.1 Å². The first-order valence-corrected chi connectivity index (χ1v) is 7.06. The zero-order valence-electron chi connectivity index (χ0n) is 11.9. The van der Waals surface area contributed by atoms with Gasteiger partial charge in [0.1, 0.15) is 0 Å². The summed E-state index contributed by atoms with van der Waals surface area (Å²) in [5, 5.41) is 2.63. The molecule has 0 bridgehead atoms. The normalized spacial score (nSPS) is 11.4. The van der Waals surface area contributed by atoms with E-state index in [9.17, 15) is 18.0 Å². The highest BCUT2D eigenvalue weighted by Crippen LogP contribution is 2.23. The second-order valence-corrected chi connectivity index (χ2v) is 4.99. The number of alkyl halides is 3. The molecular weight excluding hydrogens is 281 g/mol. The average molecular weight is 302 g/mol. The van der Waals surface area contributed by atoms with Crippen LogP contribution in [0.4, 0.5) is 18.9 Å². The highest BCUT2D eigenvalue weighted by atomic mass is 19.4. The molecule has 21 heavy (non-hydrogen) atoms. The van der Waals surface area contributed by atoms with Gasteiger partial charge in [-0.3, -0.25) is 4.79 Å². The van der Waals surface area contributed by atoms with Crippen LogP contribution in [-0.4, -0.2) is 18.6 Å². The largest absolute Gasteiger partial charge is 0.393 e. The maximum atomic E-state index is 12.3. The van der Waals surface area contributed by atoms with Gasteiger partial charge in [0.15, 0.2) is 0 Å². The second kappa shape index (κ2) is 8.67. The van der Waals surface area contributed by atoms with Crippen molar-refractivity contribution in [3.05, 3.63) is 29.8 Å². The van der Waals surface area contributed by atoms with Crippen molar-refractivity contribution < 1.29 is 18.0 Å². The van der Waals surface area contributed by atoms with E-state index in [1.807, 2.05) is 0 Å². The first kappa shape index (κ1) is 17.5. The lowest BCUT2D eigenvalue weighted by molar-refractivity contribution is -0.127. The number of amides is 1. The van der Waals surface area contributed by atoms with E-state index in [1.165, 1.54) is 18.2 Å². The van der Waals surface area contributed by atoms with Gasteiger partial charge in [-0.25, -0.2) is 0 Å². The van der Waals surface area contributed by atoms with Gasteiger partial charge in [0.25, 0.3) is 0 Å². The van der Waals surface area contributed by atoms with E-state index in [0.717, 1.165) is 25.7 Å². The molecule has 1 rings (SSSR count). The predicted molar refractivity (Wildman–Crippen MR) is 77.0 cm³/mol. The molecule has 3 nitrogen and oxygen atoms in total. The summed E-state index contributed by atoms with van der Waals surface area (Å²) < 4.78 is 36.9. The Balaban J connectivity index is 2.40. The monoisotopic (exact) mass is 302 g/mol. The molecule has 1 aromatic rings. The Hall–Kier alpha value is -1.56. The quantitative estimate of drug-likeness (QED) is 0.720. The van der Waals surface area contributed by atoms with Crippen LogP contribution in [0.5, 0.6) is 0 Å². The summed E-state index contributed by atoms with van der Waals surface area (Å²) >= 11 is 0. The number of nitrogens with one attached hydrogen (secondary N) is 1. The number of unbranched alkanes of at least 4 members (excludes halogenated alkanes) is 3. The van der Waals surface area contributed by atoms with Crippen LogP contribution in [0.1, 0.15) is 37.7 Å². The Morgan fingerprint density at radius 3 is 2.52 bits per heavy atom. The number of benzene rings is 1. The third-order valence-corrected chi connectivity index (χ3v) is 2.97. The lowest BCUT2D eigenvalue weighted by Crippen LogP contribution is -2.13. The topological polar surface area (TPSA) is 55.1 Å². The van der Waals surface area contributed by atoms with E-state index in [0.29, 0.717) is 18.7 Å². The first-order chi connectivity index (χ1) is 9.90. The lowest BCUT2D eigenvalue weighted by atomic mass is 10.1. The molecule has 1 amide bonds. The zero-order chi connectivity index (χ0) is 15.7. The minimum atomic E-state index is -4.24. The standard InChI is InChI=1S/C15H21F3N2O/c16-15(17,18)11-12-6-5-7-13(10-12)20-14(21)8-3-1-2-4-9-19/h5-7,10H,1-4,8-9,11,19H2,(H,20,21). The number of anilines is 1. The fourth-order valence-corrected chi connectivity index (χ4v) is 2.00. The van der Waals surface area contributed by atoms with Crippen molar-refractivity contribution in [2.75, 3.05) is 11.9 Å². The van der Waals surface area contributed by atoms with Gasteiger partial charge in [0, 0.05) is 12.1 Å². The third-order valence-electron chi connectivity index (χ3n) is 2.97. The Bertz CT molecular complexity index is 447. The summed E-state index contributed by atoms with van der Waals surface area (Å²) in [6.45, 7) is 0.651. The van der Waals surface area contributed by atoms with Gasteiger partial charge in [-0.1, -0.05) is 25.0 Å². The molecule has 0 radical (unpaired) electrons. The molecule has 1 aromatic carbocycles. The fraction of sp³-hybridized carbons (Fsp3) is 0.533. The van der Waals surface area contributed by atoms with Gasteiger partial charge in [-0.15, -0.1) is 0 Å². The van der Waals surface area contributed by atoms with Crippen LogP contribution >= 0.6 is 0 Å². The maximum Gasteiger partial charge on any atom is 0.393 e. The first-order valence-electron chi connectivity index (χ1n) is 7.06. The fourth-order valence-electron chi connectivity index (χ4n) is 2.00. The van der Waals surface area contributed by atoms with Crippen LogP contribution < -0.4 is 11.1 Å². The van der Waals surface area contributed by atoms with Crippen molar-refractivity contribution >= 4 is 11.6 Å². The predicted octanol–water partition coefficient (Wildman–Crippen LogP) is 3.64. The summed E-state index contributed by atoms with van der Waals surface area (Å²) in [7, 11) is 0. The van der Waals surface area contributed by atoms with Crippen LogP contribution in [0.3, 0.4) is 0 Å². The summed E-state index contributed by atoms with van der Waals surface area (Å²) in [4.78, 5) is 11.7. The third kappa shape index (κ3) is 8.34. The molecular formula is C15H21F3N2O. The Morgan fingerprint density at radius 2 is 1.86 bits per heavy atom. The molecule has 0 fully saturated rings. The average Bonchev–Trinajstić information content (AvgIpc) is 2.37. The summed E-state index contributed by atoms with van der Waals surface area (Å²) in [6.07, 6.45) is -1.24. The van der Waals surface area contributed by atoms with E-state index < -0.39 is 12.6 Å². The number of nitrogens with two attached hydrogens (primary N) is 1. The zero-order valence-corrected chi connectivity index (χ0v) is 11.9. The summed E-state index contributed by atoms with van der Waals surface area (Å²) in [5.41, 5.74) is 5.92. The number of rotatable bonds is 8. The van der Waals surface area contributed by atoms with E-state index >= 15 is 0 Å². The van der Waals surface area contributed by atoms with E-state index in [2.05, 4.69) is 5.32 Å². The highest BCUT2D eigenvalue weighted by molar-refractivity contribution is 5.90. The molecule has 0 aliphatic rings. The molecule has 0 atom stereocenters. The van der Waals surface area contributed by atoms with Crippen molar-refractivity contribution in [1.29, 1.82) is 0 Å². The van der Waals surface area contributed by atoms with Crippen LogP contribution in [0.2, 0.25) is 0 Å². The molecule has 6 heteroatoms. The SMILES string of the molecule is NCCCCCCC(=O)Nc1cccc(CC(F)(F)F)c1. The number of carbonyl (C=O) groups is 1. The van der Waals surface area contributed by atoms with Crippen molar-refractivity contribution in [3.63, 3.8) is 0 Å². The molecule has 0 saturated heterocycles. The lowest BCUT2D eigenvalue weighted by Gasteiger charge is -2.09. The van der Waals surface area contributed by atoms with Gasteiger partial charge < -0.3 is 11.1 Å². The van der Waals surface area contributed by atoms with Crippen LogP contribution in [0, 0.1) is 0 Å². The molecule has 0 heterocycles. The summed E-state index contributed by atoms with van der Waals surface area (Å²) in [6, 6.07) is 5.86. The van der Waals surface area contributed by atoms with Gasteiger partial charge in [0.05, 0.1) is 6.42 Å². The highest BCUT2D eigenvalue weighted by Gasteiger charge is 2.27. The van der Waals surface area contributed by atoms with Crippen molar-refractivity contribution in [2.45, 2.75) is 44.7 Å². The Labute approximate surface area is 122 Å². The van der Waals surface area contributed by atoms with E-state index in [-0.39, 0.29) is 11.5 Å². The Kier molecular flexibility index (Phi) is 7.22. The smallest absolute Gasteiger partial charge is 0.330 e. The van der Waals surface area contributed by atoms with Crippen LogP contribution in [-0.2, 0) is 11.2 Å². The molecule has 0 aromatic heterocycles. The van der Waals surface area contributed by atoms with Crippen LogP contribution in [0.25, 0.3) is 0 Å². The molecule has 0 spiro atoms.